The molecular weight excluding hydrogens is 476 g/mol. The van der Waals surface area contributed by atoms with Gasteiger partial charge in [-0.1, -0.05) is 30.3 Å². The van der Waals surface area contributed by atoms with Crippen molar-refractivity contribution in [3.05, 3.63) is 65.0 Å². The molecule has 1 aromatic heterocycles. The van der Waals surface area contributed by atoms with E-state index in [1.807, 2.05) is 30.3 Å². The average molecular weight is 496 g/mol. The number of aromatic nitrogens is 2. The largest absolute Gasteiger partial charge is 0.436 e. The monoisotopic (exact) mass is 496 g/mol. The summed E-state index contributed by atoms with van der Waals surface area (Å²) in [6.45, 7) is -0.746. The van der Waals surface area contributed by atoms with Gasteiger partial charge in [-0.05, 0) is 22.9 Å². The molecule has 0 radical (unpaired) electrons. The van der Waals surface area contributed by atoms with Gasteiger partial charge < -0.3 is 24.3 Å². The van der Waals surface area contributed by atoms with E-state index in [-0.39, 0.29) is 6.54 Å². The Kier molecular flexibility index (Phi) is 7.13. The van der Waals surface area contributed by atoms with Crippen LogP contribution in [0.3, 0.4) is 0 Å². The summed E-state index contributed by atoms with van der Waals surface area (Å²) < 4.78 is 60.1. The summed E-state index contributed by atoms with van der Waals surface area (Å²) in [4.78, 5) is 26.0. The number of fused-ring (bicyclic) bond motifs is 1. The van der Waals surface area contributed by atoms with Gasteiger partial charge in [0.25, 0.3) is 5.92 Å². The van der Waals surface area contributed by atoms with E-state index in [0.29, 0.717) is 22.8 Å². The molecule has 9 nitrogen and oxygen atoms in total. The van der Waals surface area contributed by atoms with Crippen LogP contribution in [0.2, 0.25) is 0 Å². The molecule has 1 aliphatic heterocycles. The number of benzene rings is 2. The second-order valence-electron chi connectivity index (χ2n) is 7.39. The Hall–Kier alpha value is -3.05. The maximum Gasteiger partial charge on any atom is 0.351 e. The van der Waals surface area contributed by atoms with Gasteiger partial charge in [0, 0.05) is 0 Å². The molecule has 2 aromatic carbocycles. The third kappa shape index (κ3) is 5.36. The van der Waals surface area contributed by atoms with Gasteiger partial charge in [-0.3, -0.25) is 4.57 Å². The lowest BCUT2D eigenvalue weighted by Crippen LogP contribution is -2.33. The van der Waals surface area contributed by atoms with Gasteiger partial charge in [-0.15, -0.1) is 0 Å². The third-order valence-electron chi connectivity index (χ3n) is 5.04. The summed E-state index contributed by atoms with van der Waals surface area (Å²) in [5, 5.41) is 4.58. The molecule has 1 saturated heterocycles. The number of nitrogen functional groups attached to an aromatic ring is 1. The molecule has 0 bridgehead atoms. The number of alkyl halides is 2. The van der Waals surface area contributed by atoms with Crippen LogP contribution in [0, 0.1) is 5.82 Å². The van der Waals surface area contributed by atoms with E-state index in [1.54, 1.807) is 12.1 Å². The fourth-order valence-corrected chi connectivity index (χ4v) is 4.37. The van der Waals surface area contributed by atoms with E-state index in [4.69, 9.17) is 19.5 Å². The molecule has 4 rings (SSSR count). The highest BCUT2D eigenvalue weighted by Gasteiger charge is 2.51. The van der Waals surface area contributed by atoms with Crippen LogP contribution in [0.15, 0.2) is 53.5 Å². The fraction of sp³-hybridized carbons (Fsp3) is 0.286. The van der Waals surface area contributed by atoms with Crippen LogP contribution in [0.4, 0.5) is 19.0 Å². The number of nitrogens with zero attached hydrogens (tertiary/aromatic N) is 2. The van der Waals surface area contributed by atoms with Crippen LogP contribution in [-0.2, 0) is 14.1 Å². The first-order chi connectivity index (χ1) is 16.3. The van der Waals surface area contributed by atoms with Crippen molar-refractivity contribution in [2.45, 2.75) is 24.7 Å². The van der Waals surface area contributed by atoms with Crippen molar-refractivity contribution in [3.63, 3.8) is 0 Å². The van der Waals surface area contributed by atoms with Crippen LogP contribution in [-0.4, -0.2) is 41.0 Å². The second-order valence-corrected chi connectivity index (χ2v) is 8.66. The Balaban J connectivity index is 1.45. The maximum atomic E-state index is 14.6. The van der Waals surface area contributed by atoms with Crippen molar-refractivity contribution in [1.82, 2.24) is 14.6 Å². The SMILES string of the molecule is Nc1nc(=O)n(C2CC(F)(F)C(COP(NCC=O)Oc3ccc4ccccc4c3)O2)cc1F. The minimum absolute atomic E-state index is 0.129. The predicted molar refractivity (Wildman–Crippen MR) is 118 cm³/mol. The van der Waals surface area contributed by atoms with E-state index in [2.05, 4.69) is 10.1 Å². The van der Waals surface area contributed by atoms with Gasteiger partial charge in [-0.25, -0.2) is 23.1 Å². The Bertz CT molecular complexity index is 1240. The van der Waals surface area contributed by atoms with Crippen molar-refractivity contribution in [1.29, 1.82) is 0 Å². The molecular formula is C21H20F3N4O5P. The number of carbonyl (C=O) groups excluding carboxylic acids is 1. The van der Waals surface area contributed by atoms with Crippen LogP contribution >= 0.6 is 8.53 Å². The molecule has 2 heterocycles. The smallest absolute Gasteiger partial charge is 0.351 e. The number of hydrogen-bond acceptors (Lipinski definition) is 8. The molecule has 34 heavy (non-hydrogen) atoms. The summed E-state index contributed by atoms with van der Waals surface area (Å²) in [6.07, 6.45) is -2.86. The van der Waals surface area contributed by atoms with Crippen LogP contribution < -0.4 is 21.0 Å². The summed E-state index contributed by atoms with van der Waals surface area (Å²) in [6, 6.07) is 12.8. The molecule has 3 atom stereocenters. The van der Waals surface area contributed by atoms with Gasteiger partial charge in [0.1, 0.15) is 24.4 Å². The minimum atomic E-state index is -3.39. The van der Waals surface area contributed by atoms with Crippen LogP contribution in [0.1, 0.15) is 12.6 Å². The number of nitrogens with two attached hydrogens (primary N) is 1. The van der Waals surface area contributed by atoms with Gasteiger partial charge in [0.2, 0.25) is 0 Å². The summed E-state index contributed by atoms with van der Waals surface area (Å²) >= 11 is 0. The Morgan fingerprint density at radius 1 is 1.29 bits per heavy atom. The molecule has 3 aromatic rings. The molecule has 13 heteroatoms. The molecule has 1 fully saturated rings. The molecule has 0 amide bonds. The van der Waals surface area contributed by atoms with Gasteiger partial charge in [0.05, 0.1) is 25.8 Å². The highest BCUT2D eigenvalue weighted by molar-refractivity contribution is 7.45. The van der Waals surface area contributed by atoms with E-state index in [9.17, 15) is 22.8 Å². The Labute approximate surface area is 192 Å². The second kappa shape index (κ2) is 10.1. The zero-order valence-electron chi connectivity index (χ0n) is 17.6. The van der Waals surface area contributed by atoms with E-state index >= 15 is 0 Å². The zero-order valence-corrected chi connectivity index (χ0v) is 18.5. The Morgan fingerprint density at radius 2 is 2.06 bits per heavy atom. The number of halogens is 3. The number of aldehydes is 1. The molecule has 180 valence electrons. The highest BCUT2D eigenvalue weighted by atomic mass is 31.2. The molecule has 0 spiro atoms. The van der Waals surface area contributed by atoms with Crippen molar-refractivity contribution in [2.24, 2.45) is 0 Å². The normalized spacial score (nSPS) is 20.3. The van der Waals surface area contributed by atoms with Gasteiger partial charge >= 0.3 is 14.2 Å². The molecule has 3 unspecified atom stereocenters. The van der Waals surface area contributed by atoms with Crippen molar-refractivity contribution in [2.75, 3.05) is 18.9 Å². The zero-order chi connectivity index (χ0) is 24.3. The number of carbonyl (C=O) groups is 1. The van der Waals surface area contributed by atoms with Crippen LogP contribution in [0.5, 0.6) is 5.75 Å². The lowest BCUT2D eigenvalue weighted by atomic mass is 10.1. The average Bonchev–Trinajstić information content (AvgIpc) is 3.11. The molecule has 0 saturated carbocycles. The lowest BCUT2D eigenvalue weighted by Gasteiger charge is -2.22. The standard InChI is InChI=1S/C21H20F3N4O5P/c22-16-11-28(20(30)27-19(16)25)18-10-21(23,24)17(32-18)12-31-34(26-7-8-29)33-15-6-5-13-3-1-2-4-14(13)9-15/h1-6,8-9,11,17-18,26H,7,10,12H2,(H2,25,27,30). The van der Waals surface area contributed by atoms with Crippen LogP contribution in [0.25, 0.3) is 10.8 Å². The maximum absolute atomic E-state index is 14.6. The first kappa shape index (κ1) is 24.1. The first-order valence-corrected chi connectivity index (χ1v) is 11.3. The lowest BCUT2D eigenvalue weighted by molar-refractivity contribution is -0.107. The third-order valence-corrected chi connectivity index (χ3v) is 6.24. The number of anilines is 1. The topological polar surface area (TPSA) is 118 Å². The quantitative estimate of drug-likeness (QED) is 0.343. The summed E-state index contributed by atoms with van der Waals surface area (Å²) in [7, 11) is -1.99. The highest BCUT2D eigenvalue weighted by Crippen LogP contribution is 2.43. The number of ether oxygens (including phenoxy) is 1. The van der Waals surface area contributed by atoms with E-state index in [0.717, 1.165) is 10.8 Å². The van der Waals surface area contributed by atoms with E-state index < -0.39 is 57.1 Å². The summed E-state index contributed by atoms with van der Waals surface area (Å²) in [5.74, 6) is -4.65. The predicted octanol–water partition coefficient (Wildman–Crippen LogP) is 3.15. The minimum Gasteiger partial charge on any atom is -0.436 e. The van der Waals surface area contributed by atoms with Gasteiger partial charge in [0.15, 0.2) is 11.6 Å². The fourth-order valence-electron chi connectivity index (χ4n) is 3.36. The number of rotatable bonds is 9. The number of nitrogens with one attached hydrogen (secondary N) is 1. The molecule has 3 N–H and O–H groups in total. The Morgan fingerprint density at radius 3 is 2.82 bits per heavy atom. The van der Waals surface area contributed by atoms with Crippen molar-refractivity contribution in [3.8, 4) is 5.75 Å². The van der Waals surface area contributed by atoms with Crippen molar-refractivity contribution < 1.29 is 31.8 Å². The van der Waals surface area contributed by atoms with Crippen molar-refractivity contribution >= 4 is 31.4 Å². The first-order valence-electron chi connectivity index (χ1n) is 10.1. The van der Waals surface area contributed by atoms with Gasteiger partial charge in [-0.2, -0.15) is 4.98 Å². The molecule has 0 aliphatic carbocycles. The number of hydrogen-bond donors (Lipinski definition) is 2. The summed E-state index contributed by atoms with van der Waals surface area (Å²) in [5.41, 5.74) is 4.21. The molecule has 1 aliphatic rings. The van der Waals surface area contributed by atoms with E-state index in [1.165, 1.54) is 0 Å².